The van der Waals surface area contributed by atoms with Crippen molar-refractivity contribution in [3.05, 3.63) is 241 Å². The van der Waals surface area contributed by atoms with Crippen molar-refractivity contribution < 1.29 is 9.47 Å². The molecule has 0 unspecified atom stereocenters. The summed E-state index contributed by atoms with van der Waals surface area (Å²) < 4.78 is 15.2. The fraction of sp³-hybridized carbons (Fsp3) is 0.0182. The minimum absolute atomic E-state index is 0.542. The van der Waals surface area contributed by atoms with Crippen LogP contribution in [0.15, 0.2) is 218 Å². The predicted octanol–water partition coefficient (Wildman–Crippen LogP) is 14.5. The van der Waals surface area contributed by atoms with Crippen molar-refractivity contribution in [1.29, 1.82) is 0 Å². The lowest BCUT2D eigenvalue weighted by Gasteiger charge is -2.35. The maximum Gasteiger partial charge on any atom is 0.172 e. The third kappa shape index (κ3) is 5.03. The van der Waals surface area contributed by atoms with Crippen LogP contribution < -0.4 is 14.4 Å². The number of fused-ring (bicyclic) bond motifs is 8. The van der Waals surface area contributed by atoms with Crippen LogP contribution >= 0.6 is 0 Å². The number of rotatable bonds is 6. The summed E-state index contributed by atoms with van der Waals surface area (Å²) in [5, 5.41) is 2.37. The predicted molar refractivity (Wildman–Crippen MR) is 239 cm³/mol. The molecule has 2 aliphatic rings. The summed E-state index contributed by atoms with van der Waals surface area (Å²) in [5.74, 6) is 2.76. The van der Waals surface area contributed by atoms with Crippen LogP contribution in [-0.4, -0.2) is 4.57 Å². The lowest BCUT2D eigenvalue weighted by atomic mass is 9.67. The molecule has 278 valence electrons. The standard InChI is InChI=1S/C55H36N2O2/c1-4-16-37(17-5-1)55(38-18-6-2-7-19-38)47-24-12-10-22-43(47)44-31-28-41(35-48(44)55)56(42-30-33-53-54(36-42)59-52-27-15-14-26-51(52)58-53)40-29-32-50-46(34-40)45-23-11-13-25-49(45)57(50)39-20-8-3-9-21-39/h1-36H. The smallest absolute Gasteiger partial charge is 0.172 e. The van der Waals surface area contributed by atoms with Crippen LogP contribution in [0, 0.1) is 0 Å². The van der Waals surface area contributed by atoms with Crippen molar-refractivity contribution in [2.24, 2.45) is 0 Å². The average Bonchev–Trinajstić information content (AvgIpc) is 3.79. The van der Waals surface area contributed by atoms with Crippen LogP contribution in [0.25, 0.3) is 38.6 Å². The molecule has 0 fully saturated rings. The first-order valence-electron chi connectivity index (χ1n) is 20.1. The summed E-state index contributed by atoms with van der Waals surface area (Å²) in [5.41, 5.74) is 13.4. The molecular formula is C55H36N2O2. The molecule has 59 heavy (non-hydrogen) atoms. The SMILES string of the molecule is c1ccc(-n2c3ccccc3c3cc(N(c4ccc5c(c4)Oc4ccccc4O5)c4ccc5c(c4)C(c4ccccc4)(c4ccccc4)c4ccccc4-5)ccc32)cc1. The highest BCUT2D eigenvalue weighted by Crippen LogP contribution is 2.57. The Morgan fingerprint density at radius 1 is 0.356 bits per heavy atom. The summed E-state index contributed by atoms with van der Waals surface area (Å²) in [6.07, 6.45) is 0. The molecule has 1 aliphatic heterocycles. The van der Waals surface area contributed by atoms with E-state index in [9.17, 15) is 0 Å². The van der Waals surface area contributed by atoms with Gasteiger partial charge in [0, 0.05) is 33.9 Å². The molecule has 0 spiro atoms. The molecule has 9 aromatic carbocycles. The van der Waals surface area contributed by atoms with E-state index in [0.29, 0.717) is 23.0 Å². The maximum absolute atomic E-state index is 6.53. The van der Waals surface area contributed by atoms with Crippen molar-refractivity contribution in [1.82, 2.24) is 4.57 Å². The molecule has 10 aromatic rings. The molecule has 0 atom stereocenters. The first kappa shape index (κ1) is 33.3. The highest BCUT2D eigenvalue weighted by Gasteiger charge is 2.46. The van der Waals surface area contributed by atoms with Gasteiger partial charge in [-0.15, -0.1) is 0 Å². The summed E-state index contributed by atoms with van der Waals surface area (Å²) in [4.78, 5) is 2.36. The second kappa shape index (κ2) is 13.1. The Balaban J connectivity index is 1.11. The van der Waals surface area contributed by atoms with Gasteiger partial charge in [-0.25, -0.2) is 0 Å². The van der Waals surface area contributed by atoms with E-state index in [1.165, 1.54) is 49.7 Å². The Morgan fingerprint density at radius 2 is 0.881 bits per heavy atom. The van der Waals surface area contributed by atoms with Gasteiger partial charge < -0.3 is 18.9 Å². The Kier molecular flexibility index (Phi) is 7.41. The normalized spacial score (nSPS) is 13.2. The zero-order valence-electron chi connectivity index (χ0n) is 32.0. The molecule has 2 heterocycles. The molecule has 4 nitrogen and oxygen atoms in total. The lowest BCUT2D eigenvalue weighted by molar-refractivity contribution is 0.360. The van der Waals surface area contributed by atoms with E-state index < -0.39 is 5.41 Å². The number of benzene rings is 9. The second-order valence-corrected chi connectivity index (χ2v) is 15.3. The molecule has 0 amide bonds. The van der Waals surface area contributed by atoms with Crippen molar-refractivity contribution in [2.75, 3.05) is 4.90 Å². The quantitative estimate of drug-likeness (QED) is 0.169. The number of ether oxygens (including phenoxy) is 2. The van der Waals surface area contributed by atoms with Crippen molar-refractivity contribution in [3.63, 3.8) is 0 Å². The zero-order chi connectivity index (χ0) is 38.9. The van der Waals surface area contributed by atoms with Gasteiger partial charge in [-0.3, -0.25) is 0 Å². The van der Waals surface area contributed by atoms with Gasteiger partial charge in [0.25, 0.3) is 0 Å². The maximum atomic E-state index is 6.53. The Hall–Kier alpha value is -7.82. The molecule has 0 bridgehead atoms. The first-order valence-corrected chi connectivity index (χ1v) is 20.1. The van der Waals surface area contributed by atoms with Crippen LogP contribution in [0.2, 0.25) is 0 Å². The molecule has 0 saturated carbocycles. The molecule has 1 aromatic heterocycles. The zero-order valence-corrected chi connectivity index (χ0v) is 32.0. The van der Waals surface area contributed by atoms with Crippen LogP contribution in [-0.2, 0) is 5.41 Å². The van der Waals surface area contributed by atoms with E-state index in [1.54, 1.807) is 0 Å². The Morgan fingerprint density at radius 3 is 1.64 bits per heavy atom. The number of nitrogens with zero attached hydrogens (tertiary/aromatic N) is 2. The number of para-hydroxylation sites is 4. The lowest BCUT2D eigenvalue weighted by Crippen LogP contribution is -2.28. The largest absolute Gasteiger partial charge is 0.450 e. The van der Waals surface area contributed by atoms with Gasteiger partial charge in [-0.2, -0.15) is 0 Å². The van der Waals surface area contributed by atoms with Gasteiger partial charge >= 0.3 is 0 Å². The monoisotopic (exact) mass is 756 g/mol. The molecule has 0 saturated heterocycles. The van der Waals surface area contributed by atoms with Crippen LogP contribution in [0.1, 0.15) is 22.3 Å². The van der Waals surface area contributed by atoms with E-state index in [1.807, 2.05) is 30.3 Å². The van der Waals surface area contributed by atoms with Gasteiger partial charge in [-0.1, -0.05) is 140 Å². The number of hydrogen-bond donors (Lipinski definition) is 0. The number of aromatic nitrogens is 1. The summed E-state index contributed by atoms with van der Waals surface area (Å²) in [7, 11) is 0. The third-order valence-electron chi connectivity index (χ3n) is 12.1. The second-order valence-electron chi connectivity index (χ2n) is 15.3. The van der Waals surface area contributed by atoms with Crippen molar-refractivity contribution >= 4 is 38.9 Å². The van der Waals surface area contributed by atoms with Gasteiger partial charge in [0.2, 0.25) is 0 Å². The fourth-order valence-corrected chi connectivity index (χ4v) is 9.63. The van der Waals surface area contributed by atoms with E-state index in [2.05, 4.69) is 198 Å². The van der Waals surface area contributed by atoms with Crippen LogP contribution in [0.3, 0.4) is 0 Å². The highest BCUT2D eigenvalue weighted by atomic mass is 16.6. The van der Waals surface area contributed by atoms with E-state index in [0.717, 1.165) is 28.3 Å². The van der Waals surface area contributed by atoms with Crippen molar-refractivity contribution in [3.8, 4) is 39.8 Å². The topological polar surface area (TPSA) is 26.6 Å². The molecule has 4 heteroatoms. The van der Waals surface area contributed by atoms with Crippen molar-refractivity contribution in [2.45, 2.75) is 5.41 Å². The minimum atomic E-state index is -0.542. The number of hydrogen-bond acceptors (Lipinski definition) is 3. The first-order chi connectivity index (χ1) is 29.3. The van der Waals surface area contributed by atoms with E-state index >= 15 is 0 Å². The molecule has 12 rings (SSSR count). The summed E-state index contributed by atoms with van der Waals surface area (Å²) >= 11 is 0. The summed E-state index contributed by atoms with van der Waals surface area (Å²) in [6, 6.07) is 78.1. The molecule has 0 N–H and O–H groups in total. The third-order valence-corrected chi connectivity index (χ3v) is 12.1. The molecule has 1 aliphatic carbocycles. The van der Waals surface area contributed by atoms with Gasteiger partial charge in [-0.05, 0) is 106 Å². The fourth-order valence-electron chi connectivity index (χ4n) is 9.63. The van der Waals surface area contributed by atoms with E-state index in [4.69, 9.17) is 9.47 Å². The number of anilines is 3. The van der Waals surface area contributed by atoms with Crippen LogP contribution in [0.5, 0.6) is 23.0 Å². The van der Waals surface area contributed by atoms with Gasteiger partial charge in [0.15, 0.2) is 23.0 Å². The summed E-state index contributed by atoms with van der Waals surface area (Å²) in [6.45, 7) is 0. The average molecular weight is 757 g/mol. The van der Waals surface area contributed by atoms with E-state index in [-0.39, 0.29) is 0 Å². The highest BCUT2D eigenvalue weighted by molar-refractivity contribution is 6.10. The molecule has 0 radical (unpaired) electrons. The van der Waals surface area contributed by atoms with Crippen LogP contribution in [0.4, 0.5) is 17.1 Å². The Bertz CT molecular complexity index is 3190. The minimum Gasteiger partial charge on any atom is -0.450 e. The van der Waals surface area contributed by atoms with Gasteiger partial charge in [0.1, 0.15) is 0 Å². The molecular weight excluding hydrogens is 721 g/mol. The Labute approximate surface area is 342 Å². The van der Waals surface area contributed by atoms with Gasteiger partial charge in [0.05, 0.1) is 22.1 Å².